The van der Waals surface area contributed by atoms with E-state index in [2.05, 4.69) is 10.3 Å². The summed E-state index contributed by atoms with van der Waals surface area (Å²) in [5, 5.41) is 4.00. The predicted octanol–water partition coefficient (Wildman–Crippen LogP) is 3.26. The molecule has 1 N–H and O–H groups in total. The van der Waals surface area contributed by atoms with Gasteiger partial charge < -0.3 is 14.5 Å². The van der Waals surface area contributed by atoms with Gasteiger partial charge in [-0.25, -0.2) is 4.98 Å². The molecule has 2 aromatic rings. The number of hydrogen-bond acceptors (Lipinski definition) is 4. The van der Waals surface area contributed by atoms with Crippen molar-refractivity contribution in [1.82, 2.24) is 10.3 Å². The SMILES string of the molecule is COc1cc(Cl)ccc1-c1cnc(CNC2CC2)o1. The molecule has 1 fully saturated rings. The van der Waals surface area contributed by atoms with Crippen molar-refractivity contribution in [2.75, 3.05) is 7.11 Å². The minimum Gasteiger partial charge on any atom is -0.496 e. The van der Waals surface area contributed by atoms with Gasteiger partial charge in [0.1, 0.15) is 5.75 Å². The second-order valence-corrected chi connectivity index (χ2v) is 5.05. The van der Waals surface area contributed by atoms with E-state index in [4.69, 9.17) is 20.8 Å². The van der Waals surface area contributed by atoms with Crippen molar-refractivity contribution >= 4 is 11.6 Å². The Morgan fingerprint density at radius 2 is 2.32 bits per heavy atom. The Bertz CT molecular complexity index is 579. The lowest BCUT2D eigenvalue weighted by Gasteiger charge is -2.05. The fraction of sp³-hybridized carbons (Fsp3) is 0.357. The van der Waals surface area contributed by atoms with E-state index in [0.29, 0.717) is 35.0 Å². The van der Waals surface area contributed by atoms with Crippen LogP contribution >= 0.6 is 11.6 Å². The lowest BCUT2D eigenvalue weighted by Crippen LogP contribution is -2.15. The van der Waals surface area contributed by atoms with Crippen molar-refractivity contribution in [1.29, 1.82) is 0 Å². The minimum absolute atomic E-state index is 0.635. The fourth-order valence-electron chi connectivity index (χ4n) is 1.90. The van der Waals surface area contributed by atoms with Crippen LogP contribution in [0.5, 0.6) is 5.75 Å². The molecule has 0 amide bonds. The standard InChI is InChI=1S/C14H15ClN2O2/c1-18-12-6-9(15)2-5-11(12)13-7-17-14(19-13)8-16-10-3-4-10/h2,5-7,10,16H,3-4,8H2,1H3. The molecule has 1 aromatic carbocycles. The van der Waals surface area contributed by atoms with Gasteiger partial charge in [0, 0.05) is 11.1 Å². The molecule has 1 saturated carbocycles. The zero-order chi connectivity index (χ0) is 13.2. The summed E-state index contributed by atoms with van der Waals surface area (Å²) in [6.07, 6.45) is 4.22. The van der Waals surface area contributed by atoms with E-state index in [1.54, 1.807) is 19.4 Å². The highest BCUT2D eigenvalue weighted by Gasteiger charge is 2.21. The lowest BCUT2D eigenvalue weighted by molar-refractivity contribution is 0.413. The maximum absolute atomic E-state index is 5.94. The molecule has 0 aliphatic heterocycles. The van der Waals surface area contributed by atoms with E-state index in [0.717, 1.165) is 5.56 Å². The van der Waals surface area contributed by atoms with Gasteiger partial charge in [-0.05, 0) is 31.0 Å². The van der Waals surface area contributed by atoms with Crippen LogP contribution in [0.3, 0.4) is 0 Å². The van der Waals surface area contributed by atoms with Crippen LogP contribution in [-0.2, 0) is 6.54 Å². The van der Waals surface area contributed by atoms with Gasteiger partial charge in [-0.3, -0.25) is 0 Å². The Labute approximate surface area is 116 Å². The monoisotopic (exact) mass is 278 g/mol. The minimum atomic E-state index is 0.635. The van der Waals surface area contributed by atoms with Gasteiger partial charge in [0.25, 0.3) is 0 Å². The highest BCUT2D eigenvalue weighted by atomic mass is 35.5. The number of oxazole rings is 1. The van der Waals surface area contributed by atoms with Crippen LogP contribution in [0.1, 0.15) is 18.7 Å². The number of halogens is 1. The first kappa shape index (κ1) is 12.5. The molecule has 3 rings (SSSR count). The van der Waals surface area contributed by atoms with E-state index >= 15 is 0 Å². The summed E-state index contributed by atoms with van der Waals surface area (Å²) in [5.74, 6) is 2.07. The Balaban J connectivity index is 1.80. The fourth-order valence-corrected chi connectivity index (χ4v) is 2.07. The molecule has 19 heavy (non-hydrogen) atoms. The van der Waals surface area contributed by atoms with Crippen molar-refractivity contribution in [2.24, 2.45) is 0 Å². The average Bonchev–Trinajstić information content (AvgIpc) is 3.14. The number of hydrogen-bond donors (Lipinski definition) is 1. The van der Waals surface area contributed by atoms with Crippen molar-refractivity contribution in [2.45, 2.75) is 25.4 Å². The zero-order valence-electron chi connectivity index (χ0n) is 10.6. The second kappa shape index (κ2) is 5.23. The Hall–Kier alpha value is -1.52. The summed E-state index contributed by atoms with van der Waals surface area (Å²) in [6, 6.07) is 6.09. The molecule has 0 spiro atoms. The molecule has 100 valence electrons. The lowest BCUT2D eigenvalue weighted by atomic mass is 10.1. The Kier molecular flexibility index (Phi) is 3.44. The molecule has 0 radical (unpaired) electrons. The molecular formula is C14H15ClN2O2. The van der Waals surface area contributed by atoms with Crippen LogP contribution in [0.25, 0.3) is 11.3 Å². The molecule has 0 unspecified atom stereocenters. The smallest absolute Gasteiger partial charge is 0.208 e. The topological polar surface area (TPSA) is 47.3 Å². The van der Waals surface area contributed by atoms with Gasteiger partial charge in [0.2, 0.25) is 5.89 Å². The molecule has 5 heteroatoms. The summed E-state index contributed by atoms with van der Waals surface area (Å²) < 4.78 is 11.0. The van der Waals surface area contributed by atoms with Crippen molar-refractivity contribution < 1.29 is 9.15 Å². The number of aromatic nitrogens is 1. The number of rotatable bonds is 5. The van der Waals surface area contributed by atoms with E-state index in [-0.39, 0.29) is 0 Å². The molecule has 1 aliphatic rings. The highest BCUT2D eigenvalue weighted by molar-refractivity contribution is 6.30. The third-order valence-electron chi connectivity index (χ3n) is 3.10. The molecular weight excluding hydrogens is 264 g/mol. The molecule has 4 nitrogen and oxygen atoms in total. The Morgan fingerprint density at radius 3 is 3.05 bits per heavy atom. The number of benzene rings is 1. The molecule has 1 heterocycles. The van der Waals surface area contributed by atoms with Gasteiger partial charge in [0.05, 0.1) is 25.4 Å². The van der Waals surface area contributed by atoms with Crippen LogP contribution in [-0.4, -0.2) is 18.1 Å². The van der Waals surface area contributed by atoms with Crippen LogP contribution in [0.2, 0.25) is 5.02 Å². The van der Waals surface area contributed by atoms with Gasteiger partial charge in [-0.15, -0.1) is 0 Å². The van der Waals surface area contributed by atoms with E-state index in [1.807, 2.05) is 12.1 Å². The number of ether oxygens (including phenoxy) is 1. The van der Waals surface area contributed by atoms with Crippen molar-refractivity contribution in [3.05, 3.63) is 35.3 Å². The molecule has 0 atom stereocenters. The van der Waals surface area contributed by atoms with E-state index in [9.17, 15) is 0 Å². The molecule has 0 bridgehead atoms. The molecule has 1 aliphatic carbocycles. The van der Waals surface area contributed by atoms with Crippen molar-refractivity contribution in [3.63, 3.8) is 0 Å². The summed E-state index contributed by atoms with van der Waals surface area (Å²) >= 11 is 5.94. The van der Waals surface area contributed by atoms with Gasteiger partial charge in [-0.2, -0.15) is 0 Å². The third kappa shape index (κ3) is 2.91. The normalized spacial score (nSPS) is 14.6. The predicted molar refractivity (Wildman–Crippen MR) is 73.4 cm³/mol. The first-order valence-electron chi connectivity index (χ1n) is 6.28. The second-order valence-electron chi connectivity index (χ2n) is 4.62. The zero-order valence-corrected chi connectivity index (χ0v) is 11.4. The first-order valence-corrected chi connectivity index (χ1v) is 6.66. The van der Waals surface area contributed by atoms with Crippen LogP contribution in [0, 0.1) is 0 Å². The van der Waals surface area contributed by atoms with E-state index < -0.39 is 0 Å². The maximum Gasteiger partial charge on any atom is 0.208 e. The third-order valence-corrected chi connectivity index (χ3v) is 3.34. The number of nitrogens with zero attached hydrogens (tertiary/aromatic N) is 1. The largest absolute Gasteiger partial charge is 0.496 e. The van der Waals surface area contributed by atoms with Gasteiger partial charge in [0.15, 0.2) is 5.76 Å². The van der Waals surface area contributed by atoms with Crippen LogP contribution < -0.4 is 10.1 Å². The summed E-state index contributed by atoms with van der Waals surface area (Å²) in [7, 11) is 1.61. The maximum atomic E-state index is 5.94. The summed E-state index contributed by atoms with van der Waals surface area (Å²) in [5.41, 5.74) is 0.858. The quantitative estimate of drug-likeness (QED) is 0.912. The van der Waals surface area contributed by atoms with Crippen LogP contribution in [0.15, 0.2) is 28.8 Å². The van der Waals surface area contributed by atoms with Gasteiger partial charge in [-0.1, -0.05) is 11.6 Å². The summed E-state index contributed by atoms with van der Waals surface area (Å²) in [6.45, 7) is 0.667. The number of methoxy groups -OCH3 is 1. The van der Waals surface area contributed by atoms with Crippen molar-refractivity contribution in [3.8, 4) is 17.1 Å². The average molecular weight is 279 g/mol. The van der Waals surface area contributed by atoms with E-state index in [1.165, 1.54) is 12.8 Å². The highest BCUT2D eigenvalue weighted by Crippen LogP contribution is 2.32. The summed E-state index contributed by atoms with van der Waals surface area (Å²) in [4.78, 5) is 4.27. The van der Waals surface area contributed by atoms with Crippen LogP contribution in [0.4, 0.5) is 0 Å². The number of nitrogens with one attached hydrogen (secondary N) is 1. The van der Waals surface area contributed by atoms with Gasteiger partial charge >= 0.3 is 0 Å². The first-order chi connectivity index (χ1) is 9.26. The Morgan fingerprint density at radius 1 is 1.47 bits per heavy atom. The molecule has 1 aromatic heterocycles. The molecule has 0 saturated heterocycles.